The summed E-state index contributed by atoms with van der Waals surface area (Å²) in [6, 6.07) is 63.7. The molecule has 0 aliphatic carbocycles. The predicted molar refractivity (Wildman–Crippen MR) is 224 cm³/mol. The molecule has 0 aliphatic heterocycles. The van der Waals surface area contributed by atoms with Crippen LogP contribution in [0, 0.1) is 0 Å². The Morgan fingerprint density at radius 2 is 0.843 bits per heavy atom. The van der Waals surface area contributed by atoms with Gasteiger partial charge in [0.05, 0.1) is 0 Å². The first kappa shape index (κ1) is 27.5. The number of benzene rings is 11. The molecule has 0 amide bonds. The number of fused-ring (bicyclic) bond motifs is 11. The molecular weight excluding hydrogens is 633 g/mol. The molecule has 0 saturated carbocycles. The van der Waals surface area contributed by atoms with Crippen LogP contribution in [0.1, 0.15) is 0 Å². The van der Waals surface area contributed by atoms with Crippen LogP contribution in [0.5, 0.6) is 0 Å². The minimum absolute atomic E-state index is 1.25. The molecule has 12 aromatic rings. The molecule has 12 rings (SSSR count). The Balaban J connectivity index is 1.21. The van der Waals surface area contributed by atoms with E-state index in [0.717, 1.165) is 0 Å². The lowest BCUT2D eigenvalue weighted by Gasteiger charge is -2.19. The highest BCUT2D eigenvalue weighted by molar-refractivity contribution is 7.27. The van der Waals surface area contributed by atoms with Gasteiger partial charge < -0.3 is 0 Å². The molecule has 0 nitrogen and oxygen atoms in total. The lowest BCUT2D eigenvalue weighted by molar-refractivity contribution is 1.70. The Hall–Kier alpha value is -6.28. The van der Waals surface area contributed by atoms with E-state index in [4.69, 9.17) is 0 Å². The lowest BCUT2D eigenvalue weighted by Crippen LogP contribution is -1.92. The molecule has 0 N–H and O–H groups in total. The van der Waals surface area contributed by atoms with Crippen molar-refractivity contribution >= 4 is 107 Å². The number of hydrogen-bond donors (Lipinski definition) is 0. The zero-order valence-electron chi connectivity index (χ0n) is 27.6. The van der Waals surface area contributed by atoms with Gasteiger partial charge in [0, 0.05) is 25.6 Å². The van der Waals surface area contributed by atoms with Crippen LogP contribution in [0.25, 0.3) is 118 Å². The van der Waals surface area contributed by atoms with E-state index in [1.54, 1.807) is 0 Å². The molecule has 11 aromatic carbocycles. The number of rotatable bonds is 2. The van der Waals surface area contributed by atoms with E-state index >= 15 is 0 Å². The third-order valence-corrected chi connectivity index (χ3v) is 12.5. The van der Waals surface area contributed by atoms with Crippen LogP contribution in [-0.4, -0.2) is 0 Å². The van der Waals surface area contributed by atoms with Gasteiger partial charge in [-0.3, -0.25) is 0 Å². The molecule has 1 heterocycles. The Bertz CT molecular complexity index is 3420. The summed E-state index contributed by atoms with van der Waals surface area (Å²) in [5, 5.41) is 21.1. The largest absolute Gasteiger partial charge is 0.135 e. The van der Waals surface area contributed by atoms with Gasteiger partial charge in [0.15, 0.2) is 0 Å². The maximum absolute atomic E-state index is 2.48. The van der Waals surface area contributed by atoms with E-state index < -0.39 is 0 Å². The summed E-state index contributed by atoms with van der Waals surface area (Å²) in [6.07, 6.45) is 0. The van der Waals surface area contributed by atoms with Crippen LogP contribution in [0.3, 0.4) is 0 Å². The van der Waals surface area contributed by atoms with E-state index in [0.29, 0.717) is 0 Å². The van der Waals surface area contributed by atoms with Crippen molar-refractivity contribution in [1.82, 2.24) is 0 Å². The van der Waals surface area contributed by atoms with Crippen molar-refractivity contribution < 1.29 is 0 Å². The topological polar surface area (TPSA) is 0 Å². The van der Waals surface area contributed by atoms with Gasteiger partial charge in [-0.2, -0.15) is 0 Å². The molecule has 1 aromatic heterocycles. The van der Waals surface area contributed by atoms with Crippen LogP contribution in [-0.2, 0) is 0 Å². The maximum atomic E-state index is 2.48. The van der Waals surface area contributed by atoms with Crippen LogP contribution < -0.4 is 0 Å². The van der Waals surface area contributed by atoms with Crippen molar-refractivity contribution in [2.24, 2.45) is 0 Å². The molecule has 0 aliphatic rings. The quantitative estimate of drug-likeness (QED) is 0.162. The Morgan fingerprint density at radius 1 is 0.275 bits per heavy atom. The van der Waals surface area contributed by atoms with Crippen LogP contribution in [0.15, 0.2) is 170 Å². The minimum Gasteiger partial charge on any atom is -0.135 e. The van der Waals surface area contributed by atoms with Crippen molar-refractivity contribution in [3.63, 3.8) is 0 Å². The normalized spacial score (nSPS) is 12.3. The molecule has 0 bridgehead atoms. The first-order valence-electron chi connectivity index (χ1n) is 17.7. The first-order chi connectivity index (χ1) is 25.3. The molecule has 0 spiro atoms. The summed E-state index contributed by atoms with van der Waals surface area (Å²) in [4.78, 5) is 0. The molecule has 0 unspecified atom stereocenters. The van der Waals surface area contributed by atoms with Gasteiger partial charge in [-0.15, -0.1) is 11.3 Å². The van der Waals surface area contributed by atoms with Crippen molar-refractivity contribution in [2.75, 3.05) is 0 Å². The van der Waals surface area contributed by atoms with Crippen LogP contribution in [0.2, 0.25) is 0 Å². The van der Waals surface area contributed by atoms with Crippen molar-refractivity contribution in [1.29, 1.82) is 0 Å². The average molecular weight is 661 g/mol. The molecule has 0 radical (unpaired) electrons. The summed E-state index contributed by atoms with van der Waals surface area (Å²) in [7, 11) is 0. The van der Waals surface area contributed by atoms with Gasteiger partial charge in [-0.1, -0.05) is 140 Å². The molecular formula is C50H28S. The van der Waals surface area contributed by atoms with Crippen molar-refractivity contribution in [3.05, 3.63) is 170 Å². The maximum Gasteiger partial charge on any atom is 0.0440 e. The van der Waals surface area contributed by atoms with Gasteiger partial charge >= 0.3 is 0 Å². The summed E-state index contributed by atoms with van der Waals surface area (Å²) < 4.78 is 2.73. The van der Waals surface area contributed by atoms with E-state index in [9.17, 15) is 0 Å². The zero-order valence-corrected chi connectivity index (χ0v) is 28.4. The standard InChI is InChI=1S/C50H28S/c1-2-12-30-25-31(24-23-29(30)11-1)41-27-43-35-16-5-6-17-36(35)44(28-45(43)34-15-4-3-14-33(34)41)42-26-32-13-9-20-39-47(32)48-37(42)19-10-21-40(48)50-49(39)38-18-7-8-22-46(38)51-50/h1-28H. The summed E-state index contributed by atoms with van der Waals surface area (Å²) >= 11 is 1.93. The molecule has 0 saturated heterocycles. The summed E-state index contributed by atoms with van der Waals surface area (Å²) in [6.45, 7) is 0. The molecule has 0 atom stereocenters. The Labute approximate surface area is 297 Å². The highest BCUT2D eigenvalue weighted by atomic mass is 32.1. The Kier molecular flexibility index (Phi) is 5.47. The van der Waals surface area contributed by atoms with Crippen molar-refractivity contribution in [2.45, 2.75) is 0 Å². The van der Waals surface area contributed by atoms with Gasteiger partial charge in [0.2, 0.25) is 0 Å². The van der Waals surface area contributed by atoms with E-state index in [2.05, 4.69) is 170 Å². The Morgan fingerprint density at radius 3 is 1.67 bits per heavy atom. The molecule has 1 heteroatoms. The number of thiophene rings is 1. The first-order valence-corrected chi connectivity index (χ1v) is 18.5. The van der Waals surface area contributed by atoms with Gasteiger partial charge in [-0.05, 0) is 123 Å². The van der Waals surface area contributed by atoms with E-state index in [1.165, 1.54) is 118 Å². The fraction of sp³-hybridized carbons (Fsp3) is 0. The fourth-order valence-corrected chi connectivity index (χ4v) is 10.4. The molecule has 234 valence electrons. The SMILES string of the molecule is c1ccc2cc(-c3cc4c5ccccc5c(-c5cc6cccc7c8c9ccccc9sc8c8cccc5c8c67)cc4c4ccccc34)ccc2c1. The van der Waals surface area contributed by atoms with Gasteiger partial charge in [-0.25, -0.2) is 0 Å². The summed E-state index contributed by atoms with van der Waals surface area (Å²) in [5.74, 6) is 0. The monoisotopic (exact) mass is 660 g/mol. The van der Waals surface area contributed by atoms with Crippen molar-refractivity contribution in [3.8, 4) is 22.3 Å². The van der Waals surface area contributed by atoms with Crippen LogP contribution >= 0.6 is 11.3 Å². The highest BCUT2D eigenvalue weighted by Gasteiger charge is 2.21. The third-order valence-electron chi connectivity index (χ3n) is 11.3. The second-order valence-electron chi connectivity index (χ2n) is 14.0. The number of hydrogen-bond acceptors (Lipinski definition) is 1. The van der Waals surface area contributed by atoms with Gasteiger partial charge in [0.1, 0.15) is 0 Å². The average Bonchev–Trinajstić information content (AvgIpc) is 3.59. The highest BCUT2D eigenvalue weighted by Crippen LogP contribution is 2.50. The zero-order chi connectivity index (χ0) is 33.2. The molecule has 51 heavy (non-hydrogen) atoms. The fourth-order valence-electron chi connectivity index (χ4n) is 9.14. The second-order valence-corrected chi connectivity index (χ2v) is 15.0. The third kappa shape index (κ3) is 3.74. The van der Waals surface area contributed by atoms with Crippen LogP contribution in [0.4, 0.5) is 0 Å². The smallest absolute Gasteiger partial charge is 0.0440 e. The second kappa shape index (κ2) is 10.1. The van der Waals surface area contributed by atoms with E-state index in [1.807, 2.05) is 11.3 Å². The van der Waals surface area contributed by atoms with E-state index in [-0.39, 0.29) is 0 Å². The predicted octanol–water partition coefficient (Wildman–Crippen LogP) is 14.9. The molecule has 0 fully saturated rings. The lowest BCUT2D eigenvalue weighted by atomic mass is 9.84. The minimum atomic E-state index is 1.25. The summed E-state index contributed by atoms with van der Waals surface area (Å²) in [5.41, 5.74) is 5.10. The van der Waals surface area contributed by atoms with Gasteiger partial charge in [0.25, 0.3) is 0 Å².